The number of aryl methyl sites for hydroxylation is 1. The molecule has 3 heteroatoms. The van der Waals surface area contributed by atoms with E-state index in [-0.39, 0.29) is 5.56 Å². The molecule has 2 aromatic rings. The van der Waals surface area contributed by atoms with Gasteiger partial charge in [0.25, 0.3) is 0 Å². The molecule has 1 nitrogen and oxygen atoms in total. The van der Waals surface area contributed by atoms with E-state index in [0.29, 0.717) is 5.56 Å². The van der Waals surface area contributed by atoms with Crippen LogP contribution in [0.3, 0.4) is 0 Å². The summed E-state index contributed by atoms with van der Waals surface area (Å²) in [7, 11) is 0. The fraction of sp³-hybridized carbons (Fsp3) is 0.143. The van der Waals surface area contributed by atoms with Crippen LogP contribution in [0, 0.1) is 18.6 Å². The standard InChI is InChI=1S/C14H12F2O/c1-9-2-4-10(5-3-9)14(17)11-6-12(15)8-13(16)7-11/h2-8,14,17H,1H3. The Labute approximate surface area is 98.3 Å². The second kappa shape index (κ2) is 4.63. The molecule has 0 aromatic heterocycles. The molecule has 0 heterocycles. The Bertz CT molecular complexity index is 500. The Hall–Kier alpha value is -1.74. The van der Waals surface area contributed by atoms with Crippen molar-refractivity contribution in [3.63, 3.8) is 0 Å². The smallest absolute Gasteiger partial charge is 0.126 e. The van der Waals surface area contributed by atoms with Gasteiger partial charge in [-0.2, -0.15) is 0 Å². The predicted molar refractivity (Wildman–Crippen MR) is 61.6 cm³/mol. The van der Waals surface area contributed by atoms with Gasteiger partial charge < -0.3 is 5.11 Å². The summed E-state index contributed by atoms with van der Waals surface area (Å²) >= 11 is 0. The van der Waals surface area contributed by atoms with Crippen LogP contribution in [0.2, 0.25) is 0 Å². The second-order valence-electron chi connectivity index (χ2n) is 4.02. The number of hydrogen-bond donors (Lipinski definition) is 1. The van der Waals surface area contributed by atoms with E-state index in [2.05, 4.69) is 0 Å². The molecule has 2 aromatic carbocycles. The van der Waals surface area contributed by atoms with Crippen molar-refractivity contribution in [2.45, 2.75) is 13.0 Å². The number of aliphatic hydroxyl groups is 1. The molecule has 88 valence electrons. The predicted octanol–water partition coefficient (Wildman–Crippen LogP) is 3.35. The lowest BCUT2D eigenvalue weighted by atomic mass is 10.0. The van der Waals surface area contributed by atoms with E-state index >= 15 is 0 Å². The first kappa shape index (κ1) is 11.7. The lowest BCUT2D eigenvalue weighted by Crippen LogP contribution is -2.01. The van der Waals surface area contributed by atoms with E-state index in [1.165, 1.54) is 0 Å². The highest BCUT2D eigenvalue weighted by Gasteiger charge is 2.12. The number of benzene rings is 2. The van der Waals surface area contributed by atoms with Crippen molar-refractivity contribution in [2.24, 2.45) is 0 Å². The van der Waals surface area contributed by atoms with Gasteiger partial charge in [-0.1, -0.05) is 29.8 Å². The summed E-state index contributed by atoms with van der Waals surface area (Å²) in [6, 6.07) is 10.2. The molecule has 0 radical (unpaired) electrons. The van der Waals surface area contributed by atoms with Crippen molar-refractivity contribution in [3.8, 4) is 0 Å². The van der Waals surface area contributed by atoms with Gasteiger partial charge in [-0.3, -0.25) is 0 Å². The van der Waals surface area contributed by atoms with Gasteiger partial charge in [0.1, 0.15) is 17.7 Å². The quantitative estimate of drug-likeness (QED) is 0.844. The summed E-state index contributed by atoms with van der Waals surface area (Å²) in [5.74, 6) is -1.38. The van der Waals surface area contributed by atoms with Crippen molar-refractivity contribution in [1.29, 1.82) is 0 Å². The van der Waals surface area contributed by atoms with Crippen LogP contribution in [0.4, 0.5) is 8.78 Å². The molecule has 0 amide bonds. The van der Waals surface area contributed by atoms with Crippen molar-refractivity contribution in [3.05, 3.63) is 70.8 Å². The Morgan fingerprint density at radius 2 is 1.41 bits per heavy atom. The molecule has 0 bridgehead atoms. The van der Waals surface area contributed by atoms with Gasteiger partial charge in [-0.25, -0.2) is 8.78 Å². The number of aliphatic hydroxyl groups excluding tert-OH is 1. The van der Waals surface area contributed by atoms with Crippen LogP contribution < -0.4 is 0 Å². The Balaban J connectivity index is 2.36. The van der Waals surface area contributed by atoms with Gasteiger partial charge in [0.05, 0.1) is 0 Å². The average molecular weight is 234 g/mol. The molecule has 0 saturated carbocycles. The number of halogens is 2. The zero-order chi connectivity index (χ0) is 12.4. The van der Waals surface area contributed by atoms with Gasteiger partial charge in [0.2, 0.25) is 0 Å². The third-order valence-corrected chi connectivity index (χ3v) is 2.59. The summed E-state index contributed by atoms with van der Waals surface area (Å²) in [5, 5.41) is 10.00. The van der Waals surface area contributed by atoms with Gasteiger partial charge >= 0.3 is 0 Å². The van der Waals surface area contributed by atoms with Crippen LogP contribution in [-0.2, 0) is 0 Å². The summed E-state index contributed by atoms with van der Waals surface area (Å²) in [4.78, 5) is 0. The molecular formula is C14H12F2O. The van der Waals surface area contributed by atoms with Gasteiger partial charge in [-0.15, -0.1) is 0 Å². The minimum Gasteiger partial charge on any atom is -0.384 e. The Morgan fingerprint density at radius 3 is 1.94 bits per heavy atom. The van der Waals surface area contributed by atoms with E-state index in [4.69, 9.17) is 0 Å². The van der Waals surface area contributed by atoms with Crippen molar-refractivity contribution < 1.29 is 13.9 Å². The van der Waals surface area contributed by atoms with Crippen LogP contribution >= 0.6 is 0 Å². The topological polar surface area (TPSA) is 20.2 Å². The molecule has 17 heavy (non-hydrogen) atoms. The van der Waals surface area contributed by atoms with Crippen molar-refractivity contribution in [2.75, 3.05) is 0 Å². The zero-order valence-corrected chi connectivity index (χ0v) is 9.32. The van der Waals surface area contributed by atoms with E-state index in [9.17, 15) is 13.9 Å². The lowest BCUT2D eigenvalue weighted by molar-refractivity contribution is 0.219. The molecule has 0 fully saturated rings. The third-order valence-electron chi connectivity index (χ3n) is 2.59. The van der Waals surface area contributed by atoms with Crippen LogP contribution in [0.1, 0.15) is 22.8 Å². The van der Waals surface area contributed by atoms with Gasteiger partial charge in [0.15, 0.2) is 0 Å². The molecule has 1 unspecified atom stereocenters. The number of hydrogen-bond acceptors (Lipinski definition) is 1. The maximum Gasteiger partial charge on any atom is 0.126 e. The maximum atomic E-state index is 13.0. The fourth-order valence-electron chi connectivity index (χ4n) is 1.67. The average Bonchev–Trinajstić information content (AvgIpc) is 2.28. The monoisotopic (exact) mass is 234 g/mol. The highest BCUT2D eigenvalue weighted by Crippen LogP contribution is 2.23. The van der Waals surface area contributed by atoms with Crippen molar-refractivity contribution in [1.82, 2.24) is 0 Å². The minimum absolute atomic E-state index is 0.214. The molecule has 1 N–H and O–H groups in total. The van der Waals surface area contributed by atoms with Gasteiger partial charge in [-0.05, 0) is 30.2 Å². The molecule has 1 atom stereocenters. The van der Waals surface area contributed by atoms with E-state index in [1.807, 2.05) is 19.1 Å². The summed E-state index contributed by atoms with van der Waals surface area (Å²) in [6.07, 6.45) is -1.01. The van der Waals surface area contributed by atoms with Crippen LogP contribution in [0.5, 0.6) is 0 Å². The number of rotatable bonds is 2. The van der Waals surface area contributed by atoms with E-state index < -0.39 is 17.7 Å². The first-order valence-corrected chi connectivity index (χ1v) is 5.27. The SMILES string of the molecule is Cc1ccc(C(O)c2cc(F)cc(F)c2)cc1. The van der Waals surface area contributed by atoms with E-state index in [0.717, 1.165) is 23.8 Å². The summed E-state index contributed by atoms with van der Waals surface area (Å²) in [5.41, 5.74) is 1.89. The zero-order valence-electron chi connectivity index (χ0n) is 9.32. The largest absolute Gasteiger partial charge is 0.384 e. The maximum absolute atomic E-state index is 13.0. The first-order chi connectivity index (χ1) is 8.06. The molecule has 2 rings (SSSR count). The third kappa shape index (κ3) is 2.68. The molecule has 0 saturated heterocycles. The molecule has 0 aliphatic carbocycles. The van der Waals surface area contributed by atoms with Crippen LogP contribution in [-0.4, -0.2) is 5.11 Å². The highest BCUT2D eigenvalue weighted by molar-refractivity contribution is 5.32. The lowest BCUT2D eigenvalue weighted by Gasteiger charge is -2.12. The molecule has 0 aliphatic heterocycles. The molecule has 0 aliphatic rings. The first-order valence-electron chi connectivity index (χ1n) is 5.27. The van der Waals surface area contributed by atoms with Crippen LogP contribution in [0.15, 0.2) is 42.5 Å². The second-order valence-corrected chi connectivity index (χ2v) is 4.02. The van der Waals surface area contributed by atoms with Crippen LogP contribution in [0.25, 0.3) is 0 Å². The fourth-order valence-corrected chi connectivity index (χ4v) is 1.67. The Kier molecular flexibility index (Phi) is 3.20. The Morgan fingerprint density at radius 1 is 0.882 bits per heavy atom. The minimum atomic E-state index is -1.01. The highest BCUT2D eigenvalue weighted by atomic mass is 19.1. The van der Waals surface area contributed by atoms with E-state index in [1.54, 1.807) is 12.1 Å². The normalized spacial score (nSPS) is 12.5. The van der Waals surface area contributed by atoms with Crippen molar-refractivity contribution >= 4 is 0 Å². The molecule has 0 spiro atoms. The molecular weight excluding hydrogens is 222 g/mol. The summed E-state index contributed by atoms with van der Waals surface area (Å²) in [6.45, 7) is 1.93. The summed E-state index contributed by atoms with van der Waals surface area (Å²) < 4.78 is 26.0. The van der Waals surface area contributed by atoms with Gasteiger partial charge in [0, 0.05) is 6.07 Å².